The molecular formula is C20H28N2O7. The van der Waals surface area contributed by atoms with Crippen molar-refractivity contribution in [2.75, 3.05) is 26.3 Å². The number of pyridine rings is 1. The number of nitrogens with zero attached hydrogens (tertiary/aromatic N) is 1. The largest absolute Gasteiger partial charge is 0.489 e. The van der Waals surface area contributed by atoms with E-state index in [0.717, 1.165) is 50.5 Å². The van der Waals surface area contributed by atoms with Gasteiger partial charge in [-0.1, -0.05) is 12.2 Å². The smallest absolute Gasteiger partial charge is 0.333 e. The Morgan fingerprint density at radius 3 is 2.62 bits per heavy atom. The molecule has 0 amide bonds. The summed E-state index contributed by atoms with van der Waals surface area (Å²) in [6.45, 7) is 3.81. The van der Waals surface area contributed by atoms with E-state index < -0.39 is 24.5 Å². The summed E-state index contributed by atoms with van der Waals surface area (Å²) in [6, 6.07) is 2.07. The minimum atomic E-state index is -1.79. The number of nitrogens with one attached hydrogen (secondary N) is 1. The summed E-state index contributed by atoms with van der Waals surface area (Å²) in [5.74, 6) is -1.33. The van der Waals surface area contributed by atoms with Crippen LogP contribution in [0.4, 0.5) is 0 Å². The fourth-order valence-electron chi connectivity index (χ4n) is 2.92. The highest BCUT2D eigenvalue weighted by molar-refractivity contribution is 5.79. The Bertz CT molecular complexity index is 683. The van der Waals surface area contributed by atoms with E-state index in [2.05, 4.69) is 28.5 Å². The van der Waals surface area contributed by atoms with E-state index >= 15 is 0 Å². The summed E-state index contributed by atoms with van der Waals surface area (Å²) in [7, 11) is 0. The zero-order valence-corrected chi connectivity index (χ0v) is 16.2. The maximum atomic E-state index is 9.72. The van der Waals surface area contributed by atoms with Gasteiger partial charge in [-0.15, -0.1) is 0 Å². The van der Waals surface area contributed by atoms with Crippen molar-refractivity contribution in [3.8, 4) is 5.75 Å². The van der Waals surface area contributed by atoms with Crippen LogP contribution in [0.5, 0.6) is 5.75 Å². The quantitative estimate of drug-likeness (QED) is 0.523. The van der Waals surface area contributed by atoms with Gasteiger partial charge in [0.1, 0.15) is 11.9 Å². The Hall–Kier alpha value is -2.49. The van der Waals surface area contributed by atoms with Crippen LogP contribution in [-0.4, -0.2) is 70.8 Å². The molecule has 2 fully saturated rings. The molecule has 29 heavy (non-hydrogen) atoms. The van der Waals surface area contributed by atoms with Gasteiger partial charge in [-0.2, -0.15) is 0 Å². The van der Waals surface area contributed by atoms with E-state index in [4.69, 9.17) is 24.8 Å². The maximum Gasteiger partial charge on any atom is 0.333 e. The first kappa shape index (κ1) is 22.8. The number of hydrogen-bond donors (Lipinski definition) is 4. The fraction of sp³-hybridized carbons (Fsp3) is 0.550. The summed E-state index contributed by atoms with van der Waals surface area (Å²) < 4.78 is 11.3. The molecule has 0 aliphatic carbocycles. The van der Waals surface area contributed by atoms with Crippen molar-refractivity contribution in [2.24, 2.45) is 5.92 Å². The SMILES string of the molecule is C(=C[C@H]1CCNC1)c1cncc(OC2CCOCC2)c1.O=C(O)CC(O)C(=O)O. The second-order valence-corrected chi connectivity index (χ2v) is 6.95. The van der Waals surface area contributed by atoms with Crippen molar-refractivity contribution >= 4 is 18.0 Å². The van der Waals surface area contributed by atoms with Crippen molar-refractivity contribution in [1.82, 2.24) is 10.3 Å². The first-order valence-electron chi connectivity index (χ1n) is 9.65. The Morgan fingerprint density at radius 2 is 2.03 bits per heavy atom. The number of ether oxygens (including phenoxy) is 2. The molecule has 9 heteroatoms. The molecule has 0 saturated carbocycles. The number of aliphatic carboxylic acids is 2. The van der Waals surface area contributed by atoms with E-state index in [1.807, 2.05) is 6.20 Å². The van der Waals surface area contributed by atoms with Gasteiger partial charge in [0, 0.05) is 25.6 Å². The van der Waals surface area contributed by atoms with Crippen LogP contribution in [0.25, 0.3) is 6.08 Å². The molecule has 0 aromatic carbocycles. The van der Waals surface area contributed by atoms with Gasteiger partial charge >= 0.3 is 11.9 Å². The molecule has 2 aliphatic heterocycles. The molecule has 0 radical (unpaired) electrons. The van der Waals surface area contributed by atoms with Crippen LogP contribution in [0.15, 0.2) is 24.5 Å². The standard InChI is InChI=1S/C16H22N2O2.C4H6O5/c1(13-3-6-17-10-13)2-14-9-16(12-18-11-14)20-15-4-7-19-8-5-15;5-2(4(8)9)1-3(6)7/h1-2,9,11-13,15,17H,3-8,10H2;2,5H,1H2,(H,6,7)(H,8,9)/t13-;/m0./s1. The van der Waals surface area contributed by atoms with E-state index in [1.165, 1.54) is 6.42 Å². The number of aliphatic hydroxyl groups excluding tert-OH is 1. The number of carboxylic acid groups (broad SMARTS) is 2. The topological polar surface area (TPSA) is 138 Å². The van der Waals surface area contributed by atoms with Gasteiger partial charge in [-0.3, -0.25) is 9.78 Å². The van der Waals surface area contributed by atoms with Crippen molar-refractivity contribution in [3.05, 3.63) is 30.1 Å². The van der Waals surface area contributed by atoms with Gasteiger partial charge in [0.2, 0.25) is 0 Å². The second-order valence-electron chi connectivity index (χ2n) is 6.95. The molecule has 3 heterocycles. The van der Waals surface area contributed by atoms with Crippen LogP contribution in [0.2, 0.25) is 0 Å². The Labute approximate surface area is 169 Å². The van der Waals surface area contributed by atoms with Crippen LogP contribution < -0.4 is 10.1 Å². The first-order chi connectivity index (χ1) is 13.9. The summed E-state index contributed by atoms with van der Waals surface area (Å²) in [6.07, 6.45) is 8.99. The van der Waals surface area contributed by atoms with Gasteiger partial charge in [-0.25, -0.2) is 4.79 Å². The lowest BCUT2D eigenvalue weighted by Crippen LogP contribution is -2.25. The Morgan fingerprint density at radius 1 is 1.28 bits per heavy atom. The minimum Gasteiger partial charge on any atom is -0.489 e. The first-order valence-corrected chi connectivity index (χ1v) is 9.65. The minimum absolute atomic E-state index is 0.267. The van der Waals surface area contributed by atoms with E-state index in [1.54, 1.807) is 6.20 Å². The van der Waals surface area contributed by atoms with Crippen LogP contribution in [0, 0.1) is 5.92 Å². The van der Waals surface area contributed by atoms with Crippen molar-refractivity contribution in [1.29, 1.82) is 0 Å². The molecule has 9 nitrogen and oxygen atoms in total. The molecule has 0 spiro atoms. The monoisotopic (exact) mass is 408 g/mol. The number of aliphatic hydroxyl groups is 1. The molecule has 1 aromatic heterocycles. The summed E-state index contributed by atoms with van der Waals surface area (Å²) in [5, 5.41) is 27.5. The van der Waals surface area contributed by atoms with Gasteiger partial charge in [0.15, 0.2) is 6.10 Å². The van der Waals surface area contributed by atoms with Gasteiger partial charge < -0.3 is 30.1 Å². The number of carbonyl (C=O) groups is 2. The molecule has 0 bridgehead atoms. The highest BCUT2D eigenvalue weighted by Crippen LogP contribution is 2.19. The maximum absolute atomic E-state index is 9.72. The molecule has 1 aromatic rings. The number of aromatic nitrogens is 1. The lowest BCUT2D eigenvalue weighted by Gasteiger charge is -2.23. The van der Waals surface area contributed by atoms with Crippen LogP contribution in [-0.2, 0) is 14.3 Å². The number of carboxylic acids is 2. The van der Waals surface area contributed by atoms with Crippen molar-refractivity contribution in [2.45, 2.75) is 37.9 Å². The zero-order chi connectivity index (χ0) is 21.1. The third-order valence-corrected chi connectivity index (χ3v) is 4.52. The molecule has 160 valence electrons. The van der Waals surface area contributed by atoms with Gasteiger partial charge in [0.05, 0.1) is 25.8 Å². The Kier molecular flexibility index (Phi) is 9.55. The van der Waals surface area contributed by atoms with E-state index in [0.29, 0.717) is 5.92 Å². The molecule has 4 N–H and O–H groups in total. The number of hydrogen-bond acceptors (Lipinski definition) is 7. The van der Waals surface area contributed by atoms with Gasteiger partial charge in [0.25, 0.3) is 0 Å². The van der Waals surface area contributed by atoms with Gasteiger partial charge in [-0.05, 0) is 30.5 Å². The predicted octanol–water partition coefficient (Wildman–Crippen LogP) is 1.17. The van der Waals surface area contributed by atoms with Crippen molar-refractivity contribution in [3.63, 3.8) is 0 Å². The molecular weight excluding hydrogens is 380 g/mol. The lowest BCUT2D eigenvalue weighted by molar-refractivity contribution is -0.152. The Balaban J connectivity index is 0.000000284. The highest BCUT2D eigenvalue weighted by Gasteiger charge is 2.16. The summed E-state index contributed by atoms with van der Waals surface area (Å²) >= 11 is 0. The molecule has 2 saturated heterocycles. The molecule has 1 unspecified atom stereocenters. The summed E-state index contributed by atoms with van der Waals surface area (Å²) in [5.41, 5.74) is 1.11. The normalized spacial score (nSPS) is 20.7. The third-order valence-electron chi connectivity index (χ3n) is 4.52. The second kappa shape index (κ2) is 12.2. The average Bonchev–Trinajstić information content (AvgIpc) is 3.21. The zero-order valence-electron chi connectivity index (χ0n) is 16.2. The number of rotatable bonds is 7. The van der Waals surface area contributed by atoms with Crippen molar-refractivity contribution < 1.29 is 34.4 Å². The van der Waals surface area contributed by atoms with Crippen LogP contribution in [0.3, 0.4) is 0 Å². The van der Waals surface area contributed by atoms with E-state index in [-0.39, 0.29) is 6.10 Å². The average molecular weight is 408 g/mol. The molecule has 2 atom stereocenters. The molecule has 3 rings (SSSR count). The van der Waals surface area contributed by atoms with Crippen LogP contribution in [0.1, 0.15) is 31.2 Å². The fourth-order valence-corrected chi connectivity index (χ4v) is 2.92. The summed E-state index contributed by atoms with van der Waals surface area (Å²) in [4.78, 5) is 23.7. The lowest BCUT2D eigenvalue weighted by atomic mass is 10.1. The highest BCUT2D eigenvalue weighted by atomic mass is 16.5. The van der Waals surface area contributed by atoms with Crippen LogP contribution >= 0.6 is 0 Å². The van der Waals surface area contributed by atoms with E-state index in [9.17, 15) is 9.59 Å². The third kappa shape index (κ3) is 9.03. The predicted molar refractivity (Wildman–Crippen MR) is 105 cm³/mol. The molecule has 2 aliphatic rings.